The van der Waals surface area contributed by atoms with Crippen molar-refractivity contribution in [3.8, 4) is 0 Å². The number of aromatic nitrogens is 2. The van der Waals surface area contributed by atoms with Gasteiger partial charge in [0.25, 0.3) is 0 Å². The molecule has 1 atom stereocenters. The lowest BCUT2D eigenvalue weighted by Gasteiger charge is -2.29. The molecule has 0 saturated carbocycles. The van der Waals surface area contributed by atoms with Crippen LogP contribution >= 0.6 is 0 Å². The van der Waals surface area contributed by atoms with Crippen LogP contribution in [0.25, 0.3) is 0 Å². The maximum Gasteiger partial charge on any atom is 0.0538 e. The first-order valence-corrected chi connectivity index (χ1v) is 7.23. The molecule has 1 aromatic rings. The Balaban J connectivity index is 2.77. The van der Waals surface area contributed by atoms with Gasteiger partial charge in [-0.25, -0.2) is 0 Å². The maximum absolute atomic E-state index is 5.97. The highest BCUT2D eigenvalue weighted by atomic mass is 15.3. The van der Waals surface area contributed by atoms with Crippen LogP contribution in [0.1, 0.15) is 51.6 Å². The Hall–Kier alpha value is -0.870. The second-order valence-corrected chi connectivity index (χ2v) is 4.82. The van der Waals surface area contributed by atoms with Crippen molar-refractivity contribution in [2.24, 2.45) is 5.73 Å². The van der Waals surface area contributed by atoms with Crippen LogP contribution in [0.5, 0.6) is 0 Å². The minimum atomic E-state index is 0.315. The van der Waals surface area contributed by atoms with Crippen molar-refractivity contribution >= 4 is 0 Å². The second-order valence-electron chi connectivity index (χ2n) is 4.82. The molecule has 0 saturated heterocycles. The first-order valence-electron chi connectivity index (χ1n) is 7.23. The van der Waals surface area contributed by atoms with Crippen molar-refractivity contribution in [2.45, 2.75) is 52.6 Å². The number of hydrogen-bond donors (Lipinski definition) is 1. The molecule has 104 valence electrons. The number of nitrogens with two attached hydrogens (primary N) is 1. The summed E-state index contributed by atoms with van der Waals surface area (Å²) in [5, 5.41) is 4.41. The van der Waals surface area contributed by atoms with E-state index in [0.29, 0.717) is 12.6 Å². The van der Waals surface area contributed by atoms with Crippen LogP contribution in [0.2, 0.25) is 0 Å². The van der Waals surface area contributed by atoms with Gasteiger partial charge in [-0.05, 0) is 32.4 Å². The van der Waals surface area contributed by atoms with Gasteiger partial charge >= 0.3 is 0 Å². The molecule has 0 spiro atoms. The van der Waals surface area contributed by atoms with Gasteiger partial charge in [-0.1, -0.05) is 20.8 Å². The minimum absolute atomic E-state index is 0.315. The van der Waals surface area contributed by atoms with Crippen molar-refractivity contribution in [1.29, 1.82) is 0 Å². The highest BCUT2D eigenvalue weighted by Gasteiger charge is 2.19. The molecule has 4 heteroatoms. The standard InChI is InChI=1S/C14H28N4/c1-4-7-17(8-5-2)14(10-15)13-11-16-18(12-13)9-6-3/h11-12,14H,4-10,15H2,1-3H3. The van der Waals surface area contributed by atoms with E-state index >= 15 is 0 Å². The topological polar surface area (TPSA) is 47.1 Å². The fourth-order valence-electron chi connectivity index (χ4n) is 2.40. The molecule has 0 aliphatic rings. The molecule has 0 fully saturated rings. The lowest BCUT2D eigenvalue weighted by molar-refractivity contribution is 0.202. The monoisotopic (exact) mass is 252 g/mol. The Labute approximate surface area is 111 Å². The number of nitrogens with zero attached hydrogens (tertiary/aromatic N) is 3. The van der Waals surface area contributed by atoms with Gasteiger partial charge in [0.1, 0.15) is 0 Å². The molecule has 2 N–H and O–H groups in total. The predicted molar refractivity (Wildman–Crippen MR) is 76.5 cm³/mol. The van der Waals surface area contributed by atoms with Gasteiger partial charge in [-0.15, -0.1) is 0 Å². The fraction of sp³-hybridized carbons (Fsp3) is 0.786. The van der Waals surface area contributed by atoms with E-state index in [1.165, 1.54) is 18.4 Å². The Morgan fingerprint density at radius 3 is 2.39 bits per heavy atom. The van der Waals surface area contributed by atoms with Crippen LogP contribution in [0, 0.1) is 0 Å². The van der Waals surface area contributed by atoms with Gasteiger partial charge in [0, 0.05) is 24.8 Å². The molecule has 1 rings (SSSR count). The lowest BCUT2D eigenvalue weighted by atomic mass is 10.1. The van der Waals surface area contributed by atoms with Gasteiger partial charge in [-0.2, -0.15) is 5.10 Å². The molecule has 0 aliphatic heterocycles. The van der Waals surface area contributed by atoms with Crippen LogP contribution in [-0.2, 0) is 6.54 Å². The quantitative estimate of drug-likeness (QED) is 0.734. The number of rotatable bonds is 9. The lowest BCUT2D eigenvalue weighted by Crippen LogP contribution is -2.34. The van der Waals surface area contributed by atoms with Gasteiger partial charge in [0.2, 0.25) is 0 Å². The zero-order valence-electron chi connectivity index (χ0n) is 12.1. The van der Waals surface area contributed by atoms with E-state index in [4.69, 9.17) is 5.73 Å². The smallest absolute Gasteiger partial charge is 0.0538 e. The second kappa shape index (κ2) is 8.27. The Kier molecular flexibility index (Phi) is 6.98. The summed E-state index contributed by atoms with van der Waals surface area (Å²) < 4.78 is 2.02. The first-order chi connectivity index (χ1) is 8.76. The minimum Gasteiger partial charge on any atom is -0.329 e. The van der Waals surface area contributed by atoms with Gasteiger partial charge < -0.3 is 5.73 Å². The molecule has 1 unspecified atom stereocenters. The van der Waals surface area contributed by atoms with Crippen molar-refractivity contribution in [1.82, 2.24) is 14.7 Å². The zero-order valence-corrected chi connectivity index (χ0v) is 12.1. The van der Waals surface area contributed by atoms with E-state index in [1.807, 2.05) is 10.9 Å². The molecule has 1 aromatic heterocycles. The van der Waals surface area contributed by atoms with Crippen molar-refractivity contribution in [3.63, 3.8) is 0 Å². The third-order valence-corrected chi connectivity index (χ3v) is 3.18. The van der Waals surface area contributed by atoms with Crippen LogP contribution in [0.15, 0.2) is 12.4 Å². The van der Waals surface area contributed by atoms with Gasteiger partial charge in [0.05, 0.1) is 12.2 Å². The molecule has 0 aromatic carbocycles. The predicted octanol–water partition coefficient (Wildman–Crippen LogP) is 2.41. The summed E-state index contributed by atoms with van der Waals surface area (Å²) in [6.07, 6.45) is 7.58. The molecular weight excluding hydrogens is 224 g/mol. The van der Waals surface area contributed by atoms with E-state index in [1.54, 1.807) is 0 Å². The van der Waals surface area contributed by atoms with Crippen LogP contribution in [-0.4, -0.2) is 34.3 Å². The third kappa shape index (κ3) is 4.10. The highest BCUT2D eigenvalue weighted by Crippen LogP contribution is 2.19. The van der Waals surface area contributed by atoms with Crippen molar-refractivity contribution in [2.75, 3.05) is 19.6 Å². The molecular formula is C14H28N4. The van der Waals surface area contributed by atoms with E-state index in [-0.39, 0.29) is 0 Å². The maximum atomic E-state index is 5.97. The summed E-state index contributed by atoms with van der Waals surface area (Å²) in [4.78, 5) is 2.48. The summed E-state index contributed by atoms with van der Waals surface area (Å²) in [5.74, 6) is 0. The summed E-state index contributed by atoms with van der Waals surface area (Å²) in [5.41, 5.74) is 7.23. The van der Waals surface area contributed by atoms with Gasteiger partial charge in [-0.3, -0.25) is 9.58 Å². The number of hydrogen-bond acceptors (Lipinski definition) is 3. The Bertz CT molecular complexity index is 315. The van der Waals surface area contributed by atoms with E-state index < -0.39 is 0 Å². The van der Waals surface area contributed by atoms with Gasteiger partial charge in [0.15, 0.2) is 0 Å². The highest BCUT2D eigenvalue weighted by molar-refractivity contribution is 5.11. The molecule has 0 radical (unpaired) electrons. The molecule has 0 amide bonds. The van der Waals surface area contributed by atoms with Crippen LogP contribution in [0.4, 0.5) is 0 Å². The summed E-state index contributed by atoms with van der Waals surface area (Å²) in [6.45, 7) is 10.5. The summed E-state index contributed by atoms with van der Waals surface area (Å²) in [7, 11) is 0. The SMILES string of the molecule is CCCN(CCC)C(CN)c1cnn(CCC)c1. The van der Waals surface area contributed by atoms with E-state index in [9.17, 15) is 0 Å². The first kappa shape index (κ1) is 15.2. The summed E-state index contributed by atoms with van der Waals surface area (Å²) in [6, 6.07) is 0.315. The van der Waals surface area contributed by atoms with Crippen LogP contribution in [0.3, 0.4) is 0 Å². The number of aryl methyl sites for hydroxylation is 1. The van der Waals surface area contributed by atoms with E-state index in [2.05, 4.69) is 37.0 Å². The van der Waals surface area contributed by atoms with Crippen LogP contribution < -0.4 is 5.73 Å². The molecule has 0 aliphatic carbocycles. The molecule has 1 heterocycles. The summed E-state index contributed by atoms with van der Waals surface area (Å²) >= 11 is 0. The average Bonchev–Trinajstić information content (AvgIpc) is 2.80. The molecule has 4 nitrogen and oxygen atoms in total. The average molecular weight is 252 g/mol. The molecule has 18 heavy (non-hydrogen) atoms. The Morgan fingerprint density at radius 2 is 1.89 bits per heavy atom. The largest absolute Gasteiger partial charge is 0.329 e. The zero-order chi connectivity index (χ0) is 13.4. The third-order valence-electron chi connectivity index (χ3n) is 3.18. The normalized spacial score (nSPS) is 13.2. The molecule has 0 bridgehead atoms. The Morgan fingerprint density at radius 1 is 1.22 bits per heavy atom. The van der Waals surface area contributed by atoms with Crippen molar-refractivity contribution < 1.29 is 0 Å². The van der Waals surface area contributed by atoms with E-state index in [0.717, 1.165) is 26.1 Å². The fourth-order valence-corrected chi connectivity index (χ4v) is 2.40. The van der Waals surface area contributed by atoms with Crippen molar-refractivity contribution in [3.05, 3.63) is 18.0 Å².